The van der Waals surface area contributed by atoms with Crippen molar-refractivity contribution in [2.45, 2.75) is 45.3 Å². The maximum absolute atomic E-state index is 13.1. The van der Waals surface area contributed by atoms with E-state index in [0.29, 0.717) is 5.75 Å². The molecular weight excluding hydrogens is 229 g/mol. The number of ether oxygens (including phenoxy) is 1. The molecule has 1 aliphatic rings. The minimum Gasteiger partial charge on any atom is -0.490 e. The summed E-state index contributed by atoms with van der Waals surface area (Å²) in [6, 6.07) is 6.40. The third-order valence-electron chi connectivity index (χ3n) is 3.49. The van der Waals surface area contributed by atoms with Crippen LogP contribution in [0, 0.1) is 5.82 Å². The molecule has 1 aromatic rings. The lowest BCUT2D eigenvalue weighted by molar-refractivity contribution is 0.0490. The van der Waals surface area contributed by atoms with E-state index in [1.807, 2.05) is 6.07 Å². The first-order valence-corrected chi connectivity index (χ1v) is 6.62. The summed E-state index contributed by atoms with van der Waals surface area (Å²) in [5.74, 6) is 0.406. The summed E-state index contributed by atoms with van der Waals surface area (Å²) < 4.78 is 18.9. The topological polar surface area (TPSA) is 12.5 Å². The van der Waals surface area contributed by atoms with Crippen LogP contribution < -0.4 is 4.74 Å². The van der Waals surface area contributed by atoms with E-state index in [-0.39, 0.29) is 17.5 Å². The molecule has 1 saturated heterocycles. The zero-order valence-electron chi connectivity index (χ0n) is 11.4. The molecule has 3 heteroatoms. The van der Waals surface area contributed by atoms with Gasteiger partial charge in [-0.3, -0.25) is 4.90 Å². The Morgan fingerprint density at radius 2 is 1.89 bits per heavy atom. The van der Waals surface area contributed by atoms with Crippen LogP contribution in [0.1, 0.15) is 33.6 Å². The van der Waals surface area contributed by atoms with Crippen LogP contribution in [0.15, 0.2) is 24.3 Å². The Kier molecular flexibility index (Phi) is 3.91. The largest absolute Gasteiger partial charge is 0.490 e. The number of likely N-dealkylation sites (tertiary alicyclic amines) is 1. The molecular formula is C15H22FNO. The van der Waals surface area contributed by atoms with Gasteiger partial charge in [0.15, 0.2) is 0 Å². The highest BCUT2D eigenvalue weighted by atomic mass is 19.1. The van der Waals surface area contributed by atoms with Crippen LogP contribution >= 0.6 is 0 Å². The highest BCUT2D eigenvalue weighted by Crippen LogP contribution is 2.23. The lowest BCUT2D eigenvalue weighted by Crippen LogP contribution is -2.48. The van der Waals surface area contributed by atoms with Crippen LogP contribution in [0.4, 0.5) is 4.39 Å². The number of nitrogens with zero attached hydrogens (tertiary/aromatic N) is 1. The summed E-state index contributed by atoms with van der Waals surface area (Å²) in [5.41, 5.74) is 0.226. The van der Waals surface area contributed by atoms with Gasteiger partial charge in [0.1, 0.15) is 17.7 Å². The fourth-order valence-electron chi connectivity index (χ4n) is 2.38. The molecule has 1 aromatic carbocycles. The third kappa shape index (κ3) is 3.45. The molecule has 0 unspecified atom stereocenters. The highest BCUT2D eigenvalue weighted by Gasteiger charge is 2.27. The van der Waals surface area contributed by atoms with E-state index in [1.54, 1.807) is 6.07 Å². The predicted octanol–water partition coefficient (Wildman–Crippen LogP) is 3.47. The van der Waals surface area contributed by atoms with E-state index in [4.69, 9.17) is 4.74 Å². The molecule has 0 radical (unpaired) electrons. The van der Waals surface area contributed by atoms with Crippen molar-refractivity contribution < 1.29 is 9.13 Å². The molecule has 0 bridgehead atoms. The van der Waals surface area contributed by atoms with E-state index in [9.17, 15) is 4.39 Å². The van der Waals surface area contributed by atoms with Gasteiger partial charge < -0.3 is 4.74 Å². The number of halogens is 1. The normalized spacial score (nSPS) is 18.9. The van der Waals surface area contributed by atoms with E-state index in [1.165, 1.54) is 12.1 Å². The van der Waals surface area contributed by atoms with Crippen LogP contribution in [-0.2, 0) is 0 Å². The Hall–Kier alpha value is -1.09. The highest BCUT2D eigenvalue weighted by molar-refractivity contribution is 5.22. The molecule has 0 aliphatic carbocycles. The van der Waals surface area contributed by atoms with Gasteiger partial charge in [-0.05, 0) is 45.7 Å². The van der Waals surface area contributed by atoms with Crippen molar-refractivity contribution >= 4 is 0 Å². The molecule has 100 valence electrons. The fourth-order valence-corrected chi connectivity index (χ4v) is 2.38. The third-order valence-corrected chi connectivity index (χ3v) is 3.49. The molecule has 0 atom stereocenters. The molecule has 0 N–H and O–H groups in total. The first kappa shape index (κ1) is 13.3. The van der Waals surface area contributed by atoms with Gasteiger partial charge in [0.05, 0.1) is 0 Å². The smallest absolute Gasteiger partial charge is 0.126 e. The second kappa shape index (κ2) is 5.27. The van der Waals surface area contributed by atoms with Gasteiger partial charge in [0.25, 0.3) is 0 Å². The van der Waals surface area contributed by atoms with Crippen LogP contribution in [0.5, 0.6) is 5.75 Å². The van der Waals surface area contributed by atoms with Crippen LogP contribution in [0.3, 0.4) is 0 Å². The molecule has 0 saturated carbocycles. The number of piperidine rings is 1. The Balaban J connectivity index is 1.87. The van der Waals surface area contributed by atoms with Crippen molar-refractivity contribution in [1.82, 2.24) is 4.90 Å². The van der Waals surface area contributed by atoms with Crippen molar-refractivity contribution in [2.24, 2.45) is 0 Å². The van der Waals surface area contributed by atoms with Gasteiger partial charge >= 0.3 is 0 Å². The number of benzene rings is 1. The van der Waals surface area contributed by atoms with Crippen molar-refractivity contribution in [3.05, 3.63) is 30.1 Å². The van der Waals surface area contributed by atoms with Crippen LogP contribution in [-0.4, -0.2) is 29.6 Å². The minimum atomic E-state index is -0.236. The number of hydrogen-bond acceptors (Lipinski definition) is 2. The Morgan fingerprint density at radius 1 is 1.22 bits per heavy atom. The predicted molar refractivity (Wildman–Crippen MR) is 71.4 cm³/mol. The summed E-state index contributed by atoms with van der Waals surface area (Å²) in [7, 11) is 0. The fraction of sp³-hybridized carbons (Fsp3) is 0.600. The summed E-state index contributed by atoms with van der Waals surface area (Å²) >= 11 is 0. The lowest BCUT2D eigenvalue weighted by atomic mass is 9.99. The SMILES string of the molecule is CC(C)(C)N1CCC(Oc2cccc(F)c2)CC1. The van der Waals surface area contributed by atoms with Crippen molar-refractivity contribution in [3.63, 3.8) is 0 Å². The zero-order valence-corrected chi connectivity index (χ0v) is 11.4. The van der Waals surface area contributed by atoms with Gasteiger partial charge in [0.2, 0.25) is 0 Å². The van der Waals surface area contributed by atoms with Crippen molar-refractivity contribution in [1.29, 1.82) is 0 Å². The molecule has 2 rings (SSSR count). The van der Waals surface area contributed by atoms with Crippen LogP contribution in [0.2, 0.25) is 0 Å². The molecule has 0 amide bonds. The van der Waals surface area contributed by atoms with E-state index >= 15 is 0 Å². The second-order valence-electron chi connectivity index (χ2n) is 5.93. The quantitative estimate of drug-likeness (QED) is 0.798. The van der Waals surface area contributed by atoms with E-state index in [0.717, 1.165) is 25.9 Å². The summed E-state index contributed by atoms with van der Waals surface area (Å²) in [5, 5.41) is 0. The van der Waals surface area contributed by atoms with Gasteiger partial charge in [-0.25, -0.2) is 4.39 Å². The molecule has 1 aliphatic heterocycles. The Morgan fingerprint density at radius 3 is 2.44 bits per heavy atom. The number of hydrogen-bond donors (Lipinski definition) is 0. The molecule has 1 fully saturated rings. The Bertz CT molecular complexity index is 392. The Labute approximate surface area is 109 Å². The molecule has 2 nitrogen and oxygen atoms in total. The first-order valence-electron chi connectivity index (χ1n) is 6.62. The monoisotopic (exact) mass is 251 g/mol. The van der Waals surface area contributed by atoms with Gasteiger partial charge in [-0.15, -0.1) is 0 Å². The average Bonchev–Trinajstić information content (AvgIpc) is 2.28. The maximum atomic E-state index is 13.1. The minimum absolute atomic E-state index is 0.213. The van der Waals surface area contributed by atoms with Gasteiger partial charge in [-0.1, -0.05) is 6.07 Å². The zero-order chi connectivity index (χ0) is 13.2. The second-order valence-corrected chi connectivity index (χ2v) is 5.93. The number of rotatable bonds is 2. The van der Waals surface area contributed by atoms with Crippen molar-refractivity contribution in [2.75, 3.05) is 13.1 Å². The summed E-state index contributed by atoms with van der Waals surface area (Å²) in [4.78, 5) is 2.47. The molecule has 0 aromatic heterocycles. The lowest BCUT2D eigenvalue weighted by Gasteiger charge is -2.40. The maximum Gasteiger partial charge on any atom is 0.126 e. The first-order chi connectivity index (χ1) is 8.45. The van der Waals surface area contributed by atoms with Gasteiger partial charge in [-0.2, -0.15) is 0 Å². The summed E-state index contributed by atoms with van der Waals surface area (Å²) in [6.07, 6.45) is 2.23. The summed E-state index contributed by atoms with van der Waals surface area (Å²) in [6.45, 7) is 8.80. The molecule has 18 heavy (non-hydrogen) atoms. The molecule has 0 spiro atoms. The van der Waals surface area contributed by atoms with Gasteiger partial charge in [0, 0.05) is 24.7 Å². The average molecular weight is 251 g/mol. The standard InChI is InChI=1S/C15H22FNO/c1-15(2,3)17-9-7-13(8-10-17)18-14-6-4-5-12(16)11-14/h4-6,11,13H,7-10H2,1-3H3. The van der Waals surface area contributed by atoms with Crippen LogP contribution in [0.25, 0.3) is 0 Å². The van der Waals surface area contributed by atoms with Crippen molar-refractivity contribution in [3.8, 4) is 5.75 Å². The molecule has 1 heterocycles. The van der Waals surface area contributed by atoms with E-state index in [2.05, 4.69) is 25.7 Å². The van der Waals surface area contributed by atoms with E-state index < -0.39 is 0 Å².